The van der Waals surface area contributed by atoms with Gasteiger partial charge in [0.1, 0.15) is 5.82 Å². The van der Waals surface area contributed by atoms with Gasteiger partial charge in [0, 0.05) is 25.4 Å². The highest BCUT2D eigenvalue weighted by Gasteiger charge is 2.27. The number of carbonyl (C=O) groups is 1. The standard InChI is InChI=1S/C14H14FNO/c1-3-11-7-14(17)16(8-11)9-12-4-5-13(15)10(2)6-12/h1,4-6,11H,7-9H2,2H3. The summed E-state index contributed by atoms with van der Waals surface area (Å²) in [6.07, 6.45) is 5.74. The summed E-state index contributed by atoms with van der Waals surface area (Å²) in [5.41, 5.74) is 1.54. The van der Waals surface area contributed by atoms with E-state index in [0.29, 0.717) is 25.1 Å². The minimum absolute atomic E-state index is 0.0176. The molecule has 0 aliphatic carbocycles. The van der Waals surface area contributed by atoms with Gasteiger partial charge < -0.3 is 4.90 Å². The fourth-order valence-electron chi connectivity index (χ4n) is 2.06. The molecule has 1 heterocycles. The van der Waals surface area contributed by atoms with E-state index in [-0.39, 0.29) is 17.6 Å². The van der Waals surface area contributed by atoms with E-state index in [1.165, 1.54) is 6.07 Å². The van der Waals surface area contributed by atoms with Crippen molar-refractivity contribution < 1.29 is 9.18 Å². The largest absolute Gasteiger partial charge is 0.337 e. The molecule has 1 unspecified atom stereocenters. The summed E-state index contributed by atoms with van der Waals surface area (Å²) in [5.74, 6) is 2.48. The molecule has 2 rings (SSSR count). The predicted octanol–water partition coefficient (Wildman–Crippen LogP) is 2.12. The van der Waals surface area contributed by atoms with E-state index in [4.69, 9.17) is 6.42 Å². The molecule has 1 fully saturated rings. The maximum Gasteiger partial charge on any atom is 0.224 e. The first-order valence-corrected chi connectivity index (χ1v) is 5.59. The zero-order valence-electron chi connectivity index (χ0n) is 9.74. The van der Waals surface area contributed by atoms with Crippen LogP contribution in [0.3, 0.4) is 0 Å². The normalized spacial score (nSPS) is 19.5. The number of rotatable bonds is 2. The van der Waals surface area contributed by atoms with Gasteiger partial charge in [0.05, 0.1) is 0 Å². The third-order valence-electron chi connectivity index (χ3n) is 3.05. The van der Waals surface area contributed by atoms with E-state index in [9.17, 15) is 9.18 Å². The Hall–Kier alpha value is -1.82. The average molecular weight is 231 g/mol. The van der Waals surface area contributed by atoms with E-state index in [0.717, 1.165) is 5.56 Å². The number of hydrogen-bond acceptors (Lipinski definition) is 1. The van der Waals surface area contributed by atoms with E-state index in [2.05, 4.69) is 5.92 Å². The van der Waals surface area contributed by atoms with Crippen molar-refractivity contribution >= 4 is 5.91 Å². The Bertz CT molecular complexity index is 489. The Balaban J connectivity index is 2.09. The smallest absolute Gasteiger partial charge is 0.224 e. The molecule has 2 nitrogen and oxygen atoms in total. The quantitative estimate of drug-likeness (QED) is 0.714. The summed E-state index contributed by atoms with van der Waals surface area (Å²) in [6.45, 7) is 2.83. The van der Waals surface area contributed by atoms with Crippen molar-refractivity contribution in [3.8, 4) is 12.3 Å². The van der Waals surface area contributed by atoms with Gasteiger partial charge >= 0.3 is 0 Å². The van der Waals surface area contributed by atoms with Crippen LogP contribution >= 0.6 is 0 Å². The first-order valence-electron chi connectivity index (χ1n) is 5.59. The number of hydrogen-bond donors (Lipinski definition) is 0. The van der Waals surface area contributed by atoms with Crippen LogP contribution in [0, 0.1) is 31.0 Å². The molecule has 1 aliphatic rings. The van der Waals surface area contributed by atoms with Gasteiger partial charge in [-0.15, -0.1) is 12.3 Å². The van der Waals surface area contributed by atoms with E-state index in [1.807, 2.05) is 0 Å². The molecule has 3 heteroatoms. The summed E-state index contributed by atoms with van der Waals surface area (Å²) in [5, 5.41) is 0. The lowest BCUT2D eigenvalue weighted by molar-refractivity contribution is -0.128. The van der Waals surface area contributed by atoms with Gasteiger partial charge in [-0.05, 0) is 24.1 Å². The van der Waals surface area contributed by atoms with Gasteiger partial charge in [-0.3, -0.25) is 4.79 Å². The number of amides is 1. The molecule has 0 radical (unpaired) electrons. The van der Waals surface area contributed by atoms with Gasteiger partial charge in [-0.25, -0.2) is 4.39 Å². The third-order valence-corrected chi connectivity index (χ3v) is 3.05. The number of likely N-dealkylation sites (tertiary alicyclic amines) is 1. The molecular formula is C14H14FNO. The summed E-state index contributed by atoms with van der Waals surface area (Å²) < 4.78 is 13.1. The van der Waals surface area contributed by atoms with Crippen LogP contribution in [-0.2, 0) is 11.3 Å². The zero-order valence-corrected chi connectivity index (χ0v) is 9.74. The monoisotopic (exact) mass is 231 g/mol. The maximum atomic E-state index is 13.1. The van der Waals surface area contributed by atoms with Gasteiger partial charge in [-0.1, -0.05) is 12.1 Å². The summed E-state index contributed by atoms with van der Waals surface area (Å²) in [6, 6.07) is 4.91. The Labute approximate surface area is 100 Å². The molecule has 1 aromatic carbocycles. The van der Waals surface area contributed by atoms with Crippen LogP contribution in [0.25, 0.3) is 0 Å². The molecular weight excluding hydrogens is 217 g/mol. The van der Waals surface area contributed by atoms with Crippen molar-refractivity contribution in [1.29, 1.82) is 0 Å². The maximum absolute atomic E-state index is 13.1. The molecule has 88 valence electrons. The zero-order chi connectivity index (χ0) is 12.4. The predicted molar refractivity (Wildman–Crippen MR) is 63.5 cm³/mol. The van der Waals surface area contributed by atoms with Crippen molar-refractivity contribution in [3.05, 3.63) is 35.1 Å². The number of halogens is 1. The van der Waals surface area contributed by atoms with Gasteiger partial charge in [-0.2, -0.15) is 0 Å². The molecule has 0 N–H and O–H groups in total. The third kappa shape index (κ3) is 2.47. The second-order valence-corrected chi connectivity index (χ2v) is 4.43. The molecule has 1 atom stereocenters. The molecule has 0 saturated carbocycles. The van der Waals surface area contributed by atoms with Crippen LogP contribution < -0.4 is 0 Å². The Morgan fingerprint density at radius 1 is 1.59 bits per heavy atom. The van der Waals surface area contributed by atoms with E-state index >= 15 is 0 Å². The molecule has 1 amide bonds. The Morgan fingerprint density at radius 3 is 2.94 bits per heavy atom. The number of aryl methyl sites for hydroxylation is 1. The minimum atomic E-state index is -0.219. The lowest BCUT2D eigenvalue weighted by atomic mass is 10.1. The van der Waals surface area contributed by atoms with Gasteiger partial charge in [0.2, 0.25) is 5.91 Å². The Kier molecular flexibility index (Phi) is 3.14. The van der Waals surface area contributed by atoms with Crippen LogP contribution in [0.4, 0.5) is 4.39 Å². The molecule has 0 spiro atoms. The van der Waals surface area contributed by atoms with E-state index < -0.39 is 0 Å². The highest BCUT2D eigenvalue weighted by atomic mass is 19.1. The Morgan fingerprint density at radius 2 is 2.35 bits per heavy atom. The topological polar surface area (TPSA) is 20.3 Å². The SMILES string of the molecule is C#CC1CC(=O)N(Cc2ccc(F)c(C)c2)C1. The molecule has 17 heavy (non-hydrogen) atoms. The summed E-state index contributed by atoms with van der Waals surface area (Å²) in [4.78, 5) is 13.4. The molecule has 0 bridgehead atoms. The van der Waals surface area contributed by atoms with Crippen LogP contribution in [-0.4, -0.2) is 17.4 Å². The second-order valence-electron chi connectivity index (χ2n) is 4.43. The van der Waals surface area contributed by atoms with Crippen LogP contribution in [0.2, 0.25) is 0 Å². The van der Waals surface area contributed by atoms with Gasteiger partial charge in [0.25, 0.3) is 0 Å². The van der Waals surface area contributed by atoms with Crippen LogP contribution in [0.15, 0.2) is 18.2 Å². The van der Waals surface area contributed by atoms with Gasteiger partial charge in [0.15, 0.2) is 0 Å². The first kappa shape index (κ1) is 11.7. The number of carbonyl (C=O) groups excluding carboxylic acids is 1. The van der Waals surface area contributed by atoms with Crippen LogP contribution in [0.1, 0.15) is 17.5 Å². The van der Waals surface area contributed by atoms with Crippen molar-refractivity contribution in [3.63, 3.8) is 0 Å². The number of benzene rings is 1. The fraction of sp³-hybridized carbons (Fsp3) is 0.357. The lowest BCUT2D eigenvalue weighted by Gasteiger charge is -2.16. The van der Waals surface area contributed by atoms with Crippen molar-refractivity contribution in [2.24, 2.45) is 5.92 Å². The molecule has 1 aromatic rings. The average Bonchev–Trinajstić information content (AvgIpc) is 2.65. The van der Waals surface area contributed by atoms with E-state index in [1.54, 1.807) is 24.0 Å². The summed E-state index contributed by atoms with van der Waals surface area (Å²) >= 11 is 0. The first-order chi connectivity index (χ1) is 8.10. The molecule has 0 aromatic heterocycles. The number of terminal acetylenes is 1. The van der Waals surface area contributed by atoms with Crippen molar-refractivity contribution in [1.82, 2.24) is 4.90 Å². The summed E-state index contributed by atoms with van der Waals surface area (Å²) in [7, 11) is 0. The lowest BCUT2D eigenvalue weighted by Crippen LogP contribution is -2.24. The highest BCUT2D eigenvalue weighted by Crippen LogP contribution is 2.20. The molecule has 1 aliphatic heterocycles. The van der Waals surface area contributed by atoms with Crippen molar-refractivity contribution in [2.45, 2.75) is 19.9 Å². The van der Waals surface area contributed by atoms with Crippen LogP contribution in [0.5, 0.6) is 0 Å². The van der Waals surface area contributed by atoms with Crippen molar-refractivity contribution in [2.75, 3.05) is 6.54 Å². The molecule has 1 saturated heterocycles. The minimum Gasteiger partial charge on any atom is -0.337 e. The highest BCUT2D eigenvalue weighted by molar-refractivity contribution is 5.79. The number of nitrogens with zero attached hydrogens (tertiary/aromatic N) is 1. The second kappa shape index (κ2) is 4.58. The fourth-order valence-corrected chi connectivity index (χ4v) is 2.06.